The van der Waals surface area contributed by atoms with Gasteiger partial charge in [-0.05, 0) is 25.8 Å². The molecule has 1 aromatic carbocycles. The van der Waals surface area contributed by atoms with Crippen molar-refractivity contribution >= 4 is 0 Å². The summed E-state index contributed by atoms with van der Waals surface area (Å²) < 4.78 is 11.9. The Morgan fingerprint density at radius 2 is 2.00 bits per heavy atom. The van der Waals surface area contributed by atoms with E-state index in [1.54, 1.807) is 0 Å². The molecule has 0 radical (unpaired) electrons. The standard InChI is InChI=1S/C18H28N2O2/c1-4-13-6-5-7-14-16(19)15(18(2,3)22-17(13)14)12-20-8-10-21-11-9-20/h5-7,15-16H,4,8-12,19H2,1-3H3. The number of hydrogen-bond donors (Lipinski definition) is 1. The Kier molecular flexibility index (Phi) is 4.44. The Morgan fingerprint density at radius 1 is 1.27 bits per heavy atom. The molecule has 1 aromatic rings. The lowest BCUT2D eigenvalue weighted by molar-refractivity contribution is -0.0291. The van der Waals surface area contributed by atoms with E-state index in [9.17, 15) is 0 Å². The molecule has 0 saturated carbocycles. The average Bonchev–Trinajstić information content (AvgIpc) is 2.51. The van der Waals surface area contributed by atoms with Crippen LogP contribution in [0.5, 0.6) is 5.75 Å². The molecule has 122 valence electrons. The molecule has 0 spiro atoms. The highest BCUT2D eigenvalue weighted by Gasteiger charge is 2.43. The van der Waals surface area contributed by atoms with E-state index in [4.69, 9.17) is 15.2 Å². The van der Waals surface area contributed by atoms with Crippen molar-refractivity contribution in [3.8, 4) is 5.75 Å². The molecule has 2 unspecified atom stereocenters. The van der Waals surface area contributed by atoms with E-state index in [1.165, 1.54) is 5.56 Å². The number of benzene rings is 1. The maximum absolute atomic E-state index is 6.67. The SMILES string of the molecule is CCc1cccc2c1OC(C)(C)C(CN1CCOCC1)C2N. The van der Waals surface area contributed by atoms with Crippen LogP contribution >= 0.6 is 0 Å². The number of fused-ring (bicyclic) bond motifs is 1. The van der Waals surface area contributed by atoms with E-state index in [1.807, 2.05) is 0 Å². The minimum atomic E-state index is -0.254. The molecule has 3 rings (SSSR count). The van der Waals surface area contributed by atoms with Crippen LogP contribution in [0.2, 0.25) is 0 Å². The predicted molar refractivity (Wildman–Crippen MR) is 88.2 cm³/mol. The lowest BCUT2D eigenvalue weighted by Crippen LogP contribution is -2.53. The third kappa shape index (κ3) is 2.87. The van der Waals surface area contributed by atoms with Gasteiger partial charge in [-0.2, -0.15) is 0 Å². The van der Waals surface area contributed by atoms with Crippen molar-refractivity contribution in [2.24, 2.45) is 11.7 Å². The summed E-state index contributed by atoms with van der Waals surface area (Å²) in [7, 11) is 0. The maximum Gasteiger partial charge on any atom is 0.128 e. The fourth-order valence-corrected chi connectivity index (χ4v) is 3.65. The summed E-state index contributed by atoms with van der Waals surface area (Å²) in [4.78, 5) is 2.45. The molecule has 2 aliphatic heterocycles. The molecular formula is C18H28N2O2. The molecular weight excluding hydrogens is 276 g/mol. The molecule has 4 heteroatoms. The first-order valence-electron chi connectivity index (χ1n) is 8.39. The third-order valence-electron chi connectivity index (χ3n) is 5.12. The third-order valence-corrected chi connectivity index (χ3v) is 5.12. The van der Waals surface area contributed by atoms with Gasteiger partial charge in [-0.1, -0.05) is 25.1 Å². The first-order chi connectivity index (χ1) is 10.5. The molecule has 2 N–H and O–H groups in total. The van der Waals surface area contributed by atoms with Gasteiger partial charge in [0.1, 0.15) is 11.4 Å². The molecule has 0 aliphatic carbocycles. The lowest BCUT2D eigenvalue weighted by atomic mass is 9.77. The average molecular weight is 304 g/mol. The van der Waals surface area contributed by atoms with Crippen LogP contribution in [0.4, 0.5) is 0 Å². The Labute approximate surface area is 133 Å². The summed E-state index contributed by atoms with van der Waals surface area (Å²) in [5.41, 5.74) is 8.83. The van der Waals surface area contributed by atoms with Crippen LogP contribution in [-0.2, 0) is 11.2 Å². The molecule has 2 atom stereocenters. The Bertz CT molecular complexity index is 524. The van der Waals surface area contributed by atoms with Crippen LogP contribution in [-0.4, -0.2) is 43.3 Å². The zero-order chi connectivity index (χ0) is 15.7. The highest BCUT2D eigenvalue weighted by atomic mass is 16.5. The number of rotatable bonds is 3. The van der Waals surface area contributed by atoms with Gasteiger partial charge >= 0.3 is 0 Å². The second kappa shape index (κ2) is 6.19. The fourth-order valence-electron chi connectivity index (χ4n) is 3.65. The first-order valence-corrected chi connectivity index (χ1v) is 8.39. The Balaban J connectivity index is 1.87. The smallest absolute Gasteiger partial charge is 0.128 e. The van der Waals surface area contributed by atoms with Crippen molar-refractivity contribution in [3.63, 3.8) is 0 Å². The number of ether oxygens (including phenoxy) is 2. The van der Waals surface area contributed by atoms with E-state index in [0.29, 0.717) is 0 Å². The second-order valence-electron chi connectivity index (χ2n) is 6.94. The van der Waals surface area contributed by atoms with Crippen LogP contribution in [0, 0.1) is 5.92 Å². The van der Waals surface area contributed by atoms with Gasteiger partial charge in [0.2, 0.25) is 0 Å². The fraction of sp³-hybridized carbons (Fsp3) is 0.667. The van der Waals surface area contributed by atoms with Gasteiger partial charge < -0.3 is 15.2 Å². The van der Waals surface area contributed by atoms with Crippen LogP contribution in [0.25, 0.3) is 0 Å². The summed E-state index contributed by atoms with van der Waals surface area (Å²) in [5, 5.41) is 0. The Hall–Kier alpha value is -1.10. The lowest BCUT2D eigenvalue weighted by Gasteiger charge is -2.46. The summed E-state index contributed by atoms with van der Waals surface area (Å²) in [5.74, 6) is 1.30. The topological polar surface area (TPSA) is 47.7 Å². The van der Waals surface area contributed by atoms with Gasteiger partial charge in [-0.15, -0.1) is 0 Å². The predicted octanol–water partition coefficient (Wildman–Crippen LogP) is 2.37. The monoisotopic (exact) mass is 304 g/mol. The number of para-hydroxylation sites is 1. The molecule has 22 heavy (non-hydrogen) atoms. The molecule has 1 saturated heterocycles. The number of morpholine rings is 1. The number of nitrogens with two attached hydrogens (primary N) is 1. The van der Waals surface area contributed by atoms with Gasteiger partial charge in [0.05, 0.1) is 13.2 Å². The normalized spacial score (nSPS) is 28.0. The molecule has 2 heterocycles. The van der Waals surface area contributed by atoms with Crippen molar-refractivity contribution in [2.75, 3.05) is 32.8 Å². The van der Waals surface area contributed by atoms with E-state index < -0.39 is 0 Å². The number of aryl methyl sites for hydroxylation is 1. The molecule has 0 aromatic heterocycles. The first kappa shape index (κ1) is 15.8. The number of nitrogens with zero attached hydrogens (tertiary/aromatic N) is 1. The van der Waals surface area contributed by atoms with E-state index in [-0.39, 0.29) is 17.6 Å². The highest BCUT2D eigenvalue weighted by Crippen LogP contribution is 2.44. The van der Waals surface area contributed by atoms with Gasteiger partial charge in [0.15, 0.2) is 0 Å². The maximum atomic E-state index is 6.67. The van der Waals surface area contributed by atoms with Crippen molar-refractivity contribution in [1.29, 1.82) is 0 Å². The zero-order valence-corrected chi connectivity index (χ0v) is 14.0. The van der Waals surface area contributed by atoms with Crippen molar-refractivity contribution in [1.82, 2.24) is 4.90 Å². The van der Waals surface area contributed by atoms with Gasteiger partial charge in [-0.3, -0.25) is 4.90 Å². The van der Waals surface area contributed by atoms with Crippen molar-refractivity contribution in [3.05, 3.63) is 29.3 Å². The summed E-state index contributed by atoms with van der Waals surface area (Å²) in [6, 6.07) is 6.39. The summed E-state index contributed by atoms with van der Waals surface area (Å²) in [6.07, 6.45) is 0.972. The minimum absolute atomic E-state index is 0.0214. The van der Waals surface area contributed by atoms with Crippen molar-refractivity contribution < 1.29 is 9.47 Å². The molecule has 2 aliphatic rings. The molecule has 1 fully saturated rings. The minimum Gasteiger partial charge on any atom is -0.487 e. The second-order valence-corrected chi connectivity index (χ2v) is 6.94. The largest absolute Gasteiger partial charge is 0.487 e. The van der Waals surface area contributed by atoms with Crippen LogP contribution in [0.3, 0.4) is 0 Å². The van der Waals surface area contributed by atoms with Gasteiger partial charge in [0, 0.05) is 37.2 Å². The highest BCUT2D eigenvalue weighted by molar-refractivity contribution is 5.46. The van der Waals surface area contributed by atoms with Crippen LogP contribution in [0.1, 0.15) is 37.9 Å². The molecule has 4 nitrogen and oxygen atoms in total. The van der Waals surface area contributed by atoms with E-state index in [0.717, 1.165) is 50.6 Å². The van der Waals surface area contributed by atoms with E-state index in [2.05, 4.69) is 43.9 Å². The van der Waals surface area contributed by atoms with E-state index >= 15 is 0 Å². The quantitative estimate of drug-likeness (QED) is 0.931. The Morgan fingerprint density at radius 3 is 2.68 bits per heavy atom. The summed E-state index contributed by atoms with van der Waals surface area (Å²) in [6.45, 7) is 11.1. The van der Waals surface area contributed by atoms with Crippen molar-refractivity contribution in [2.45, 2.75) is 38.8 Å². The molecule has 0 amide bonds. The molecule has 0 bridgehead atoms. The van der Waals surface area contributed by atoms with Gasteiger partial charge in [-0.25, -0.2) is 0 Å². The van der Waals surface area contributed by atoms with Crippen LogP contribution < -0.4 is 10.5 Å². The van der Waals surface area contributed by atoms with Gasteiger partial charge in [0.25, 0.3) is 0 Å². The zero-order valence-electron chi connectivity index (χ0n) is 14.0. The summed E-state index contributed by atoms with van der Waals surface area (Å²) >= 11 is 0. The van der Waals surface area contributed by atoms with Crippen LogP contribution in [0.15, 0.2) is 18.2 Å². The number of hydrogen-bond acceptors (Lipinski definition) is 4.